The first-order valence-corrected chi connectivity index (χ1v) is 7.33. The molecule has 0 fully saturated rings. The van der Waals surface area contributed by atoms with Crippen LogP contribution in [0.3, 0.4) is 0 Å². The van der Waals surface area contributed by atoms with E-state index in [2.05, 4.69) is 0 Å². The molecule has 0 bridgehead atoms. The number of nitrogens with zero attached hydrogens (tertiary/aromatic N) is 1. The fourth-order valence-electron chi connectivity index (χ4n) is 2.16. The summed E-state index contributed by atoms with van der Waals surface area (Å²) in [6.45, 7) is 1.60. The second kappa shape index (κ2) is 4.70. The zero-order valence-corrected chi connectivity index (χ0v) is 10.8. The monoisotopic (exact) mass is 268 g/mol. The van der Waals surface area contributed by atoms with Crippen LogP contribution in [-0.4, -0.2) is 30.5 Å². The van der Waals surface area contributed by atoms with E-state index in [1.807, 2.05) is 24.3 Å². The van der Waals surface area contributed by atoms with E-state index >= 15 is 0 Å². The Morgan fingerprint density at radius 1 is 1.39 bits per heavy atom. The number of rotatable bonds is 3. The molecule has 6 heteroatoms. The van der Waals surface area contributed by atoms with Gasteiger partial charge in [0.2, 0.25) is 10.0 Å². The lowest BCUT2D eigenvalue weighted by atomic mass is 9.96. The molecule has 18 heavy (non-hydrogen) atoms. The molecule has 5 nitrogen and oxygen atoms in total. The molecule has 0 amide bonds. The molecule has 1 aromatic rings. The summed E-state index contributed by atoms with van der Waals surface area (Å²) < 4.78 is 24.9. The largest absolute Gasteiger partial charge is 0.548 e. The lowest BCUT2D eigenvalue weighted by molar-refractivity contribution is -0.310. The Kier molecular flexibility index (Phi) is 3.41. The van der Waals surface area contributed by atoms with Crippen LogP contribution >= 0.6 is 0 Å². The van der Waals surface area contributed by atoms with Crippen LogP contribution in [-0.2, 0) is 27.8 Å². The zero-order valence-electron chi connectivity index (χ0n) is 10.00. The fourth-order valence-corrected chi connectivity index (χ4v) is 3.37. The van der Waals surface area contributed by atoms with Gasteiger partial charge in [-0.2, -0.15) is 4.31 Å². The summed E-state index contributed by atoms with van der Waals surface area (Å²) in [5.74, 6) is -1.46. The number of hydrogen-bond acceptors (Lipinski definition) is 4. The average Bonchev–Trinajstić information content (AvgIpc) is 2.37. The number of carbonyl (C=O) groups excluding carboxylic acids is 1. The van der Waals surface area contributed by atoms with Gasteiger partial charge in [0, 0.05) is 6.54 Å². The van der Waals surface area contributed by atoms with Crippen LogP contribution in [0.4, 0.5) is 0 Å². The summed E-state index contributed by atoms with van der Waals surface area (Å²) in [5, 5.41) is 11.1. The molecule has 1 aromatic carbocycles. The van der Waals surface area contributed by atoms with Crippen molar-refractivity contribution in [1.29, 1.82) is 0 Å². The third kappa shape index (κ3) is 2.26. The Labute approximate surface area is 106 Å². The number of carboxylic acid groups (broad SMARTS) is 1. The van der Waals surface area contributed by atoms with Crippen molar-refractivity contribution in [2.24, 2.45) is 0 Å². The third-order valence-electron chi connectivity index (χ3n) is 3.20. The van der Waals surface area contributed by atoms with Crippen molar-refractivity contribution in [3.05, 3.63) is 35.4 Å². The lowest BCUT2D eigenvalue weighted by Gasteiger charge is -2.36. The Balaban J connectivity index is 2.44. The van der Waals surface area contributed by atoms with Gasteiger partial charge in [0.25, 0.3) is 0 Å². The van der Waals surface area contributed by atoms with E-state index in [4.69, 9.17) is 0 Å². The number of sulfonamides is 1. The second-order valence-electron chi connectivity index (χ2n) is 4.25. The number of benzene rings is 1. The molecule has 1 atom stereocenters. The highest BCUT2D eigenvalue weighted by Crippen LogP contribution is 2.25. The van der Waals surface area contributed by atoms with E-state index in [-0.39, 0.29) is 18.7 Å². The van der Waals surface area contributed by atoms with E-state index in [9.17, 15) is 18.3 Å². The normalized spacial score (nSPS) is 20.4. The van der Waals surface area contributed by atoms with E-state index in [0.717, 1.165) is 15.4 Å². The van der Waals surface area contributed by atoms with Crippen molar-refractivity contribution in [3.63, 3.8) is 0 Å². The first-order chi connectivity index (χ1) is 8.45. The van der Waals surface area contributed by atoms with Gasteiger partial charge in [0.15, 0.2) is 0 Å². The first-order valence-electron chi connectivity index (χ1n) is 5.73. The summed E-state index contributed by atoms with van der Waals surface area (Å²) in [5.41, 5.74) is 1.72. The molecule has 0 spiro atoms. The third-order valence-corrected chi connectivity index (χ3v) is 5.03. The van der Waals surface area contributed by atoms with E-state index < -0.39 is 22.0 Å². The van der Waals surface area contributed by atoms with Crippen LogP contribution in [0.2, 0.25) is 0 Å². The molecule has 0 aromatic heterocycles. The summed E-state index contributed by atoms with van der Waals surface area (Å²) in [6.07, 6.45) is 0.164. The maximum atomic E-state index is 11.9. The predicted molar refractivity (Wildman–Crippen MR) is 63.9 cm³/mol. The van der Waals surface area contributed by atoms with Gasteiger partial charge >= 0.3 is 0 Å². The van der Waals surface area contributed by atoms with Gasteiger partial charge in [-0.25, -0.2) is 8.42 Å². The van der Waals surface area contributed by atoms with E-state index in [0.29, 0.717) is 0 Å². The van der Waals surface area contributed by atoms with Gasteiger partial charge < -0.3 is 9.90 Å². The number of fused-ring (bicyclic) bond motifs is 1. The van der Waals surface area contributed by atoms with Crippen molar-refractivity contribution < 1.29 is 18.3 Å². The van der Waals surface area contributed by atoms with Crippen molar-refractivity contribution >= 4 is 16.0 Å². The van der Waals surface area contributed by atoms with Gasteiger partial charge in [-0.15, -0.1) is 0 Å². The van der Waals surface area contributed by atoms with Crippen molar-refractivity contribution in [2.45, 2.75) is 25.9 Å². The van der Waals surface area contributed by atoms with Crippen LogP contribution in [0.5, 0.6) is 0 Å². The van der Waals surface area contributed by atoms with Gasteiger partial charge in [0.1, 0.15) is 0 Å². The standard InChI is InChI=1S/C12H15NO4S/c1-2-18(16,17)13-8-10-6-4-3-5-9(10)7-11(13)12(14)15/h3-6,11H,2,7-8H2,1H3,(H,14,15)/p-1/t11-/m1/s1. The highest BCUT2D eigenvalue weighted by molar-refractivity contribution is 7.89. The summed E-state index contributed by atoms with van der Waals surface area (Å²) >= 11 is 0. The van der Waals surface area contributed by atoms with Crippen molar-refractivity contribution in [2.75, 3.05) is 5.75 Å². The molecule has 1 heterocycles. The maximum Gasteiger partial charge on any atom is 0.214 e. The summed E-state index contributed by atoms with van der Waals surface area (Å²) in [6, 6.07) is 6.16. The van der Waals surface area contributed by atoms with Gasteiger partial charge in [0.05, 0.1) is 17.8 Å². The molecule has 0 N–H and O–H groups in total. The molecular weight excluding hydrogens is 254 g/mol. The van der Waals surface area contributed by atoms with Crippen molar-refractivity contribution in [1.82, 2.24) is 4.31 Å². The Bertz CT molecular complexity index is 567. The van der Waals surface area contributed by atoms with Gasteiger partial charge in [-0.05, 0) is 24.5 Å². The number of aliphatic carboxylic acids is 1. The fraction of sp³-hybridized carbons (Fsp3) is 0.417. The topological polar surface area (TPSA) is 77.5 Å². The Hall–Kier alpha value is -1.40. The number of hydrogen-bond donors (Lipinski definition) is 0. The van der Waals surface area contributed by atoms with Crippen LogP contribution in [0.25, 0.3) is 0 Å². The molecule has 98 valence electrons. The lowest BCUT2D eigenvalue weighted by Crippen LogP contribution is -2.53. The molecule has 0 aliphatic carbocycles. The minimum Gasteiger partial charge on any atom is -0.548 e. The van der Waals surface area contributed by atoms with Crippen LogP contribution in [0.15, 0.2) is 24.3 Å². The number of carboxylic acids is 1. The maximum absolute atomic E-state index is 11.9. The smallest absolute Gasteiger partial charge is 0.214 e. The molecule has 0 saturated carbocycles. The SMILES string of the molecule is CCS(=O)(=O)N1Cc2ccccc2C[C@@H]1C(=O)[O-]. The molecule has 0 saturated heterocycles. The molecule has 0 radical (unpaired) electrons. The van der Waals surface area contributed by atoms with Crippen LogP contribution in [0.1, 0.15) is 18.1 Å². The predicted octanol–water partition coefficient (Wildman–Crippen LogP) is -0.487. The van der Waals surface area contributed by atoms with E-state index in [1.165, 1.54) is 6.92 Å². The number of carbonyl (C=O) groups is 1. The molecular formula is C12H14NO4S-. The first kappa shape index (κ1) is 13.0. The molecule has 1 aliphatic rings. The Morgan fingerprint density at radius 3 is 2.56 bits per heavy atom. The van der Waals surface area contributed by atoms with Crippen LogP contribution < -0.4 is 5.11 Å². The Morgan fingerprint density at radius 2 is 2.00 bits per heavy atom. The summed E-state index contributed by atoms with van der Waals surface area (Å²) in [4.78, 5) is 11.1. The quantitative estimate of drug-likeness (QED) is 0.741. The van der Waals surface area contributed by atoms with Gasteiger partial charge in [-0.1, -0.05) is 24.3 Å². The molecule has 1 aliphatic heterocycles. The van der Waals surface area contributed by atoms with Crippen molar-refractivity contribution in [3.8, 4) is 0 Å². The van der Waals surface area contributed by atoms with E-state index in [1.54, 1.807) is 0 Å². The highest BCUT2D eigenvalue weighted by atomic mass is 32.2. The highest BCUT2D eigenvalue weighted by Gasteiger charge is 2.34. The molecule has 2 rings (SSSR count). The second-order valence-corrected chi connectivity index (χ2v) is 6.46. The van der Waals surface area contributed by atoms with Gasteiger partial charge in [-0.3, -0.25) is 0 Å². The zero-order chi connectivity index (χ0) is 13.3. The minimum atomic E-state index is -3.55. The average molecular weight is 268 g/mol. The minimum absolute atomic E-state index is 0.102. The summed E-state index contributed by atoms with van der Waals surface area (Å²) in [7, 11) is -3.55. The van der Waals surface area contributed by atoms with Crippen LogP contribution in [0, 0.1) is 0 Å². The molecule has 0 unspecified atom stereocenters.